The normalized spacial score (nSPS) is 28.4. The second-order valence-electron chi connectivity index (χ2n) is 6.25. The molecule has 0 radical (unpaired) electrons. The Morgan fingerprint density at radius 2 is 2.05 bits per heavy atom. The Bertz CT molecular complexity index is 407. The summed E-state index contributed by atoms with van der Waals surface area (Å²) in [6.07, 6.45) is 4.64. The van der Waals surface area contributed by atoms with E-state index < -0.39 is 10.2 Å². The van der Waals surface area contributed by atoms with Crippen molar-refractivity contribution in [1.29, 1.82) is 0 Å². The molecule has 6 nitrogen and oxygen atoms in total. The first kappa shape index (κ1) is 16.2. The number of nitrogens with zero attached hydrogens (tertiary/aromatic N) is 1. The molecule has 0 aliphatic carbocycles. The predicted molar refractivity (Wildman–Crippen MR) is 78.5 cm³/mol. The SMILES string of the molecule is CC1(CNS(=O)(=O)N2CCCCC2CN)CCOCC1. The minimum absolute atomic E-state index is 0.000676. The number of hydrogen-bond donors (Lipinski definition) is 2. The summed E-state index contributed by atoms with van der Waals surface area (Å²) in [4.78, 5) is 0. The summed E-state index contributed by atoms with van der Waals surface area (Å²) >= 11 is 0. The molecule has 0 aromatic rings. The molecule has 0 aromatic heterocycles. The maximum Gasteiger partial charge on any atom is 0.279 e. The smallest absolute Gasteiger partial charge is 0.279 e. The molecule has 7 heteroatoms. The van der Waals surface area contributed by atoms with E-state index >= 15 is 0 Å². The van der Waals surface area contributed by atoms with Crippen molar-refractivity contribution in [3.05, 3.63) is 0 Å². The fourth-order valence-electron chi connectivity index (χ4n) is 2.92. The topological polar surface area (TPSA) is 84.7 Å². The molecule has 2 aliphatic rings. The molecule has 2 heterocycles. The Kier molecular flexibility index (Phi) is 5.42. The molecule has 0 bridgehead atoms. The van der Waals surface area contributed by atoms with Crippen LogP contribution in [0.4, 0.5) is 0 Å². The number of piperidine rings is 1. The van der Waals surface area contributed by atoms with Crippen LogP contribution in [0, 0.1) is 5.41 Å². The Hall–Kier alpha value is -0.210. The van der Waals surface area contributed by atoms with Gasteiger partial charge in [-0.1, -0.05) is 13.3 Å². The van der Waals surface area contributed by atoms with E-state index in [1.54, 1.807) is 4.31 Å². The standard InChI is InChI=1S/C13H27N3O3S/c1-13(5-8-19-9-6-13)11-15-20(17,18)16-7-3-2-4-12(16)10-14/h12,15H,2-11,14H2,1H3. The third-order valence-electron chi connectivity index (χ3n) is 4.54. The van der Waals surface area contributed by atoms with E-state index in [-0.39, 0.29) is 11.5 Å². The quantitative estimate of drug-likeness (QED) is 0.772. The molecule has 1 atom stereocenters. The molecule has 20 heavy (non-hydrogen) atoms. The highest BCUT2D eigenvalue weighted by Crippen LogP contribution is 2.29. The van der Waals surface area contributed by atoms with E-state index in [1.165, 1.54) is 0 Å². The van der Waals surface area contributed by atoms with Gasteiger partial charge in [-0.3, -0.25) is 0 Å². The Morgan fingerprint density at radius 1 is 1.35 bits per heavy atom. The van der Waals surface area contributed by atoms with E-state index in [0.717, 1.165) is 32.1 Å². The summed E-state index contributed by atoms with van der Waals surface area (Å²) in [5, 5.41) is 0. The van der Waals surface area contributed by atoms with Crippen LogP contribution in [0.1, 0.15) is 39.0 Å². The second-order valence-corrected chi connectivity index (χ2v) is 7.95. The van der Waals surface area contributed by atoms with Crippen molar-refractivity contribution < 1.29 is 13.2 Å². The van der Waals surface area contributed by atoms with Gasteiger partial charge in [-0.15, -0.1) is 0 Å². The monoisotopic (exact) mass is 305 g/mol. The van der Waals surface area contributed by atoms with Gasteiger partial charge in [0.15, 0.2) is 0 Å². The molecule has 2 fully saturated rings. The van der Waals surface area contributed by atoms with Crippen molar-refractivity contribution in [1.82, 2.24) is 9.03 Å². The van der Waals surface area contributed by atoms with Crippen molar-refractivity contribution in [2.45, 2.75) is 45.1 Å². The Balaban J connectivity index is 1.95. The van der Waals surface area contributed by atoms with Crippen LogP contribution >= 0.6 is 0 Å². The zero-order valence-electron chi connectivity index (χ0n) is 12.3. The Morgan fingerprint density at radius 3 is 2.70 bits per heavy atom. The molecule has 2 aliphatic heterocycles. The van der Waals surface area contributed by atoms with Gasteiger partial charge in [-0.2, -0.15) is 12.7 Å². The largest absolute Gasteiger partial charge is 0.381 e. The van der Waals surface area contributed by atoms with Gasteiger partial charge in [0.1, 0.15) is 0 Å². The lowest BCUT2D eigenvalue weighted by molar-refractivity contribution is 0.0262. The van der Waals surface area contributed by atoms with Crippen molar-refractivity contribution in [2.24, 2.45) is 11.1 Å². The van der Waals surface area contributed by atoms with Gasteiger partial charge < -0.3 is 10.5 Å². The zero-order valence-corrected chi connectivity index (χ0v) is 13.1. The molecule has 0 saturated carbocycles. The van der Waals surface area contributed by atoms with Crippen molar-refractivity contribution in [2.75, 3.05) is 32.8 Å². The van der Waals surface area contributed by atoms with E-state index in [9.17, 15) is 8.42 Å². The number of hydrogen-bond acceptors (Lipinski definition) is 4. The van der Waals surface area contributed by atoms with Crippen LogP contribution in [0.15, 0.2) is 0 Å². The predicted octanol–water partition coefficient (Wildman–Crippen LogP) is 0.451. The molecule has 0 aromatic carbocycles. The van der Waals surface area contributed by atoms with Crippen molar-refractivity contribution in [3.8, 4) is 0 Å². The molecule has 0 spiro atoms. The number of ether oxygens (including phenoxy) is 1. The average Bonchev–Trinajstić information content (AvgIpc) is 2.46. The number of rotatable bonds is 5. The number of nitrogens with two attached hydrogens (primary N) is 1. The van der Waals surface area contributed by atoms with E-state index in [1.807, 2.05) is 0 Å². The first-order valence-electron chi connectivity index (χ1n) is 7.51. The summed E-state index contributed by atoms with van der Waals surface area (Å²) in [6, 6.07) is -0.0521. The van der Waals surface area contributed by atoms with E-state index in [0.29, 0.717) is 32.8 Å². The van der Waals surface area contributed by atoms with Crippen LogP contribution in [-0.2, 0) is 14.9 Å². The average molecular weight is 305 g/mol. The molecule has 2 rings (SSSR count). The first-order valence-corrected chi connectivity index (χ1v) is 8.95. The van der Waals surface area contributed by atoms with Crippen LogP contribution in [0.5, 0.6) is 0 Å². The Labute approximate surface area is 122 Å². The molecule has 3 N–H and O–H groups in total. The van der Waals surface area contributed by atoms with Crippen LogP contribution in [-0.4, -0.2) is 51.6 Å². The minimum Gasteiger partial charge on any atom is -0.381 e. The van der Waals surface area contributed by atoms with Crippen molar-refractivity contribution >= 4 is 10.2 Å². The second kappa shape index (κ2) is 6.70. The highest BCUT2D eigenvalue weighted by Gasteiger charge is 2.34. The molecule has 0 amide bonds. The van der Waals surface area contributed by atoms with Gasteiger partial charge in [0, 0.05) is 38.9 Å². The molecular weight excluding hydrogens is 278 g/mol. The first-order chi connectivity index (χ1) is 9.47. The van der Waals surface area contributed by atoms with Crippen LogP contribution in [0.2, 0.25) is 0 Å². The van der Waals surface area contributed by atoms with E-state index in [2.05, 4.69) is 11.6 Å². The molecule has 118 valence electrons. The summed E-state index contributed by atoms with van der Waals surface area (Å²) in [5.74, 6) is 0. The van der Waals surface area contributed by atoms with Crippen LogP contribution in [0.25, 0.3) is 0 Å². The maximum absolute atomic E-state index is 12.5. The fraction of sp³-hybridized carbons (Fsp3) is 1.00. The third kappa shape index (κ3) is 3.92. The summed E-state index contributed by atoms with van der Waals surface area (Å²) < 4.78 is 34.6. The zero-order chi connectivity index (χ0) is 14.6. The van der Waals surface area contributed by atoms with E-state index in [4.69, 9.17) is 10.5 Å². The fourth-order valence-corrected chi connectivity index (χ4v) is 4.57. The van der Waals surface area contributed by atoms with Gasteiger partial charge in [-0.05, 0) is 31.1 Å². The van der Waals surface area contributed by atoms with Gasteiger partial charge in [0.25, 0.3) is 10.2 Å². The lowest BCUT2D eigenvalue weighted by Gasteiger charge is -2.37. The minimum atomic E-state index is -3.42. The van der Waals surface area contributed by atoms with Crippen LogP contribution < -0.4 is 10.5 Å². The highest BCUT2D eigenvalue weighted by molar-refractivity contribution is 7.87. The van der Waals surface area contributed by atoms with Gasteiger partial charge in [-0.25, -0.2) is 4.72 Å². The molecule has 1 unspecified atom stereocenters. The van der Waals surface area contributed by atoms with Gasteiger partial charge in [0.05, 0.1) is 0 Å². The van der Waals surface area contributed by atoms with Gasteiger partial charge >= 0.3 is 0 Å². The highest BCUT2D eigenvalue weighted by atomic mass is 32.2. The summed E-state index contributed by atoms with van der Waals surface area (Å²) in [7, 11) is -3.42. The summed E-state index contributed by atoms with van der Waals surface area (Å²) in [5.41, 5.74) is 5.70. The van der Waals surface area contributed by atoms with Crippen molar-refractivity contribution in [3.63, 3.8) is 0 Å². The maximum atomic E-state index is 12.5. The lowest BCUT2D eigenvalue weighted by Crippen LogP contribution is -2.53. The van der Waals surface area contributed by atoms with Crippen LogP contribution in [0.3, 0.4) is 0 Å². The lowest BCUT2D eigenvalue weighted by atomic mass is 9.83. The summed E-state index contributed by atoms with van der Waals surface area (Å²) in [6.45, 7) is 5.00. The van der Waals surface area contributed by atoms with Gasteiger partial charge in [0.2, 0.25) is 0 Å². The number of nitrogens with one attached hydrogen (secondary N) is 1. The molecule has 2 saturated heterocycles. The molecular formula is C13H27N3O3S. The third-order valence-corrected chi connectivity index (χ3v) is 6.14.